The molecule has 1 N–H and O–H groups in total. The summed E-state index contributed by atoms with van der Waals surface area (Å²) in [6, 6.07) is 1.97. The van der Waals surface area contributed by atoms with Crippen LogP contribution in [0.25, 0.3) is 0 Å². The first-order chi connectivity index (χ1) is 9.06. The van der Waals surface area contributed by atoms with Crippen molar-refractivity contribution in [3.05, 3.63) is 17.5 Å². The average molecular weight is 262 g/mol. The van der Waals surface area contributed by atoms with Crippen LogP contribution in [0.5, 0.6) is 0 Å². The van der Waals surface area contributed by atoms with Gasteiger partial charge in [0.2, 0.25) is 11.9 Å². The first-order valence-electron chi connectivity index (χ1n) is 6.59. The third kappa shape index (κ3) is 2.40. The van der Waals surface area contributed by atoms with E-state index in [1.807, 2.05) is 19.9 Å². The molecule has 0 aliphatic carbocycles. The molecule has 6 heteroatoms. The van der Waals surface area contributed by atoms with E-state index in [0.29, 0.717) is 0 Å². The normalized spacial score (nSPS) is 21.8. The zero-order valence-corrected chi connectivity index (χ0v) is 11.3. The molecule has 1 aromatic heterocycles. The van der Waals surface area contributed by atoms with Gasteiger partial charge in [-0.3, -0.25) is 4.79 Å². The van der Waals surface area contributed by atoms with Gasteiger partial charge in [-0.1, -0.05) is 0 Å². The Morgan fingerprint density at radius 1 is 1.26 bits per heavy atom. The monoisotopic (exact) mass is 262 g/mol. The molecule has 1 amide bonds. The Labute approximate surface area is 112 Å². The number of anilines is 1. The predicted molar refractivity (Wildman–Crippen MR) is 69.8 cm³/mol. The summed E-state index contributed by atoms with van der Waals surface area (Å²) in [7, 11) is 0. The zero-order chi connectivity index (χ0) is 13.5. The van der Waals surface area contributed by atoms with E-state index in [-0.39, 0.29) is 12.5 Å². The van der Waals surface area contributed by atoms with Crippen molar-refractivity contribution in [1.82, 2.24) is 15.3 Å². The molecule has 2 saturated heterocycles. The quantitative estimate of drug-likeness (QED) is 0.800. The number of nitrogens with one attached hydrogen (secondary N) is 1. The Balaban J connectivity index is 1.71. The number of carbonyl (C=O) groups excluding carboxylic acids is 1. The first-order valence-corrected chi connectivity index (χ1v) is 6.59. The number of carbonyl (C=O) groups is 1. The molecule has 102 valence electrons. The predicted octanol–water partition coefficient (Wildman–Crippen LogP) is 0.536. The zero-order valence-electron chi connectivity index (χ0n) is 11.3. The fourth-order valence-electron chi connectivity index (χ4n) is 2.72. The van der Waals surface area contributed by atoms with Gasteiger partial charge in [-0.2, -0.15) is 0 Å². The van der Waals surface area contributed by atoms with Gasteiger partial charge >= 0.3 is 0 Å². The Bertz CT molecular complexity index is 489. The molecule has 1 spiro atoms. The standard InChI is InChI=1S/C13H18N4O2/c1-9-7-10(2)15-12(14-9)17-5-3-13(4-6-17)16-11(18)8-19-13/h7H,3-6,8H2,1-2H3,(H,16,18). The second-order valence-electron chi connectivity index (χ2n) is 5.27. The van der Waals surface area contributed by atoms with Crippen LogP contribution in [0.2, 0.25) is 0 Å². The number of aryl methyl sites for hydroxylation is 2. The van der Waals surface area contributed by atoms with Gasteiger partial charge < -0.3 is 15.0 Å². The highest BCUT2D eigenvalue weighted by molar-refractivity contribution is 5.79. The Morgan fingerprint density at radius 2 is 1.89 bits per heavy atom. The number of nitrogens with zero attached hydrogens (tertiary/aromatic N) is 3. The molecular weight excluding hydrogens is 244 g/mol. The number of hydrogen-bond acceptors (Lipinski definition) is 5. The molecule has 19 heavy (non-hydrogen) atoms. The number of piperidine rings is 1. The van der Waals surface area contributed by atoms with Crippen LogP contribution in [-0.4, -0.2) is 41.3 Å². The van der Waals surface area contributed by atoms with E-state index >= 15 is 0 Å². The second-order valence-corrected chi connectivity index (χ2v) is 5.27. The largest absolute Gasteiger partial charge is 0.346 e. The average Bonchev–Trinajstić information content (AvgIpc) is 2.70. The van der Waals surface area contributed by atoms with E-state index in [0.717, 1.165) is 43.3 Å². The number of hydrogen-bond donors (Lipinski definition) is 1. The van der Waals surface area contributed by atoms with Crippen molar-refractivity contribution in [2.75, 3.05) is 24.6 Å². The molecule has 3 heterocycles. The van der Waals surface area contributed by atoms with Gasteiger partial charge in [0.1, 0.15) is 12.3 Å². The molecule has 0 unspecified atom stereocenters. The molecule has 3 rings (SSSR count). The van der Waals surface area contributed by atoms with Crippen molar-refractivity contribution in [3.8, 4) is 0 Å². The summed E-state index contributed by atoms with van der Waals surface area (Å²) < 4.78 is 5.60. The van der Waals surface area contributed by atoms with E-state index in [9.17, 15) is 4.79 Å². The van der Waals surface area contributed by atoms with E-state index in [1.165, 1.54) is 0 Å². The molecule has 0 radical (unpaired) electrons. The molecule has 2 aliphatic heterocycles. The SMILES string of the molecule is Cc1cc(C)nc(N2CCC3(CC2)NC(=O)CO3)n1. The summed E-state index contributed by atoms with van der Waals surface area (Å²) in [4.78, 5) is 22.4. The van der Waals surface area contributed by atoms with E-state index in [4.69, 9.17) is 4.74 Å². The third-order valence-electron chi connectivity index (χ3n) is 3.67. The summed E-state index contributed by atoms with van der Waals surface area (Å²) in [6.45, 7) is 5.72. The molecule has 0 atom stereocenters. The van der Waals surface area contributed by atoms with Crippen LogP contribution in [0, 0.1) is 13.8 Å². The summed E-state index contributed by atoms with van der Waals surface area (Å²) in [5, 5.41) is 2.94. The minimum atomic E-state index is -0.452. The number of amides is 1. The van der Waals surface area contributed by atoms with Crippen molar-refractivity contribution >= 4 is 11.9 Å². The lowest BCUT2D eigenvalue weighted by atomic mass is 10.0. The second kappa shape index (κ2) is 4.45. The van der Waals surface area contributed by atoms with Gasteiger partial charge in [0, 0.05) is 37.3 Å². The van der Waals surface area contributed by atoms with Crippen molar-refractivity contribution in [3.63, 3.8) is 0 Å². The van der Waals surface area contributed by atoms with Crippen LogP contribution in [-0.2, 0) is 9.53 Å². The Kier molecular flexibility index (Phi) is 2.89. The molecule has 1 aromatic rings. The summed E-state index contributed by atoms with van der Waals surface area (Å²) in [6.07, 6.45) is 1.55. The van der Waals surface area contributed by atoms with Gasteiger partial charge in [0.05, 0.1) is 0 Å². The number of rotatable bonds is 1. The van der Waals surface area contributed by atoms with Crippen LogP contribution < -0.4 is 10.2 Å². The highest BCUT2D eigenvalue weighted by Crippen LogP contribution is 2.28. The maximum absolute atomic E-state index is 11.3. The van der Waals surface area contributed by atoms with Crippen LogP contribution in [0.1, 0.15) is 24.2 Å². The van der Waals surface area contributed by atoms with Crippen LogP contribution >= 0.6 is 0 Å². The third-order valence-corrected chi connectivity index (χ3v) is 3.67. The van der Waals surface area contributed by atoms with Gasteiger partial charge in [-0.25, -0.2) is 9.97 Å². The Hall–Kier alpha value is -1.69. The molecule has 2 fully saturated rings. The van der Waals surface area contributed by atoms with Crippen molar-refractivity contribution < 1.29 is 9.53 Å². The minimum absolute atomic E-state index is 0.0175. The number of ether oxygens (including phenoxy) is 1. The van der Waals surface area contributed by atoms with Gasteiger partial charge in [-0.05, 0) is 19.9 Å². The molecule has 0 aromatic carbocycles. The van der Waals surface area contributed by atoms with E-state index in [1.54, 1.807) is 0 Å². The van der Waals surface area contributed by atoms with Crippen molar-refractivity contribution in [2.24, 2.45) is 0 Å². The van der Waals surface area contributed by atoms with E-state index < -0.39 is 5.72 Å². The summed E-state index contributed by atoms with van der Waals surface area (Å²) >= 11 is 0. The topological polar surface area (TPSA) is 67.4 Å². The molecule has 2 aliphatic rings. The maximum atomic E-state index is 11.3. The molecule has 0 saturated carbocycles. The van der Waals surface area contributed by atoms with Gasteiger partial charge in [-0.15, -0.1) is 0 Å². The lowest BCUT2D eigenvalue weighted by molar-refractivity contribution is -0.119. The summed E-state index contributed by atoms with van der Waals surface area (Å²) in [5.74, 6) is 0.757. The number of aromatic nitrogens is 2. The molecule has 0 bridgehead atoms. The van der Waals surface area contributed by atoms with Crippen molar-refractivity contribution in [1.29, 1.82) is 0 Å². The van der Waals surface area contributed by atoms with Crippen LogP contribution in [0.15, 0.2) is 6.07 Å². The van der Waals surface area contributed by atoms with Gasteiger partial charge in [0.25, 0.3) is 0 Å². The van der Waals surface area contributed by atoms with E-state index in [2.05, 4.69) is 20.2 Å². The van der Waals surface area contributed by atoms with Crippen LogP contribution in [0.4, 0.5) is 5.95 Å². The fraction of sp³-hybridized carbons (Fsp3) is 0.615. The Morgan fingerprint density at radius 3 is 2.42 bits per heavy atom. The minimum Gasteiger partial charge on any atom is -0.346 e. The lowest BCUT2D eigenvalue weighted by Gasteiger charge is -2.38. The maximum Gasteiger partial charge on any atom is 0.248 e. The fourth-order valence-corrected chi connectivity index (χ4v) is 2.72. The smallest absolute Gasteiger partial charge is 0.248 e. The van der Waals surface area contributed by atoms with Crippen molar-refractivity contribution in [2.45, 2.75) is 32.4 Å². The molecule has 6 nitrogen and oxygen atoms in total. The summed E-state index contributed by atoms with van der Waals surface area (Å²) in [5.41, 5.74) is 1.51. The molecular formula is C13H18N4O2. The highest BCUT2D eigenvalue weighted by atomic mass is 16.5. The first kappa shape index (κ1) is 12.3. The lowest BCUT2D eigenvalue weighted by Crippen LogP contribution is -2.52. The van der Waals surface area contributed by atoms with Crippen LogP contribution in [0.3, 0.4) is 0 Å². The van der Waals surface area contributed by atoms with Gasteiger partial charge in [0.15, 0.2) is 0 Å². The highest BCUT2D eigenvalue weighted by Gasteiger charge is 2.42.